The summed E-state index contributed by atoms with van der Waals surface area (Å²) in [5.41, 5.74) is 5.74. The van der Waals surface area contributed by atoms with Gasteiger partial charge >= 0.3 is 0 Å². The Hall–Kier alpha value is -1.95. The molecule has 2 aliphatic rings. The number of allylic oxidation sites excluding steroid dienone is 2. The first kappa shape index (κ1) is 17.9. The molecule has 1 aromatic rings. The fraction of sp³-hybridized carbons (Fsp3) is 0.632. The number of aromatic nitrogens is 2. The largest absolute Gasteiger partial charge is 0.384 e. The van der Waals surface area contributed by atoms with Crippen molar-refractivity contribution >= 4 is 11.7 Å². The molecule has 1 aliphatic heterocycles. The Morgan fingerprint density at radius 1 is 1.32 bits per heavy atom. The lowest BCUT2D eigenvalue weighted by atomic mass is 9.93. The third-order valence-electron chi connectivity index (χ3n) is 5.37. The van der Waals surface area contributed by atoms with Gasteiger partial charge in [-0.2, -0.15) is 0 Å². The zero-order valence-corrected chi connectivity index (χ0v) is 15.1. The maximum Gasteiger partial charge on any atom is 0.226 e. The van der Waals surface area contributed by atoms with E-state index in [4.69, 9.17) is 5.73 Å². The number of carbonyl (C=O) groups is 1. The summed E-state index contributed by atoms with van der Waals surface area (Å²) in [4.78, 5) is 25.7. The minimum Gasteiger partial charge on any atom is -0.384 e. The Bertz CT molecular complexity index is 618. The number of likely N-dealkylation sites (tertiary alicyclic amines) is 1. The number of amides is 1. The van der Waals surface area contributed by atoms with Crippen LogP contribution in [0.3, 0.4) is 0 Å². The van der Waals surface area contributed by atoms with Crippen LogP contribution in [0.5, 0.6) is 0 Å². The van der Waals surface area contributed by atoms with E-state index in [1.54, 1.807) is 12.3 Å². The van der Waals surface area contributed by atoms with Crippen LogP contribution in [-0.4, -0.2) is 51.9 Å². The SMILES string of the molecule is CN(Cc1nccc(N)n1)[C@@H]1CCCN(C(=O)[C@H]2CC=CCC2)CC1. The van der Waals surface area contributed by atoms with E-state index < -0.39 is 0 Å². The summed E-state index contributed by atoms with van der Waals surface area (Å²) >= 11 is 0. The summed E-state index contributed by atoms with van der Waals surface area (Å²) in [5, 5.41) is 0. The van der Waals surface area contributed by atoms with Crippen LogP contribution in [0.1, 0.15) is 44.3 Å². The van der Waals surface area contributed by atoms with E-state index in [0.29, 0.717) is 24.3 Å². The highest BCUT2D eigenvalue weighted by Gasteiger charge is 2.27. The Morgan fingerprint density at radius 2 is 2.20 bits per heavy atom. The van der Waals surface area contributed by atoms with Crippen LogP contribution < -0.4 is 5.73 Å². The van der Waals surface area contributed by atoms with Crippen molar-refractivity contribution in [3.8, 4) is 0 Å². The van der Waals surface area contributed by atoms with Gasteiger partial charge in [-0.3, -0.25) is 9.69 Å². The first-order valence-corrected chi connectivity index (χ1v) is 9.35. The van der Waals surface area contributed by atoms with Crippen molar-refractivity contribution in [1.29, 1.82) is 0 Å². The molecule has 2 heterocycles. The highest BCUT2D eigenvalue weighted by atomic mass is 16.2. The topological polar surface area (TPSA) is 75.4 Å². The molecule has 0 spiro atoms. The van der Waals surface area contributed by atoms with Crippen LogP contribution in [-0.2, 0) is 11.3 Å². The summed E-state index contributed by atoms with van der Waals surface area (Å²) in [7, 11) is 2.11. The minimum atomic E-state index is 0.194. The number of nitrogens with zero attached hydrogens (tertiary/aromatic N) is 4. The lowest BCUT2D eigenvalue weighted by Gasteiger charge is -2.28. The molecule has 6 nitrogen and oxygen atoms in total. The van der Waals surface area contributed by atoms with Crippen molar-refractivity contribution < 1.29 is 4.79 Å². The van der Waals surface area contributed by atoms with E-state index in [-0.39, 0.29) is 5.92 Å². The fourth-order valence-electron chi connectivity index (χ4n) is 3.86. The molecule has 0 unspecified atom stereocenters. The van der Waals surface area contributed by atoms with Gasteiger partial charge in [0.25, 0.3) is 0 Å². The molecule has 0 saturated carbocycles. The highest BCUT2D eigenvalue weighted by molar-refractivity contribution is 5.79. The third kappa shape index (κ3) is 4.78. The molecular weight excluding hydrogens is 314 g/mol. The molecule has 3 rings (SSSR count). The van der Waals surface area contributed by atoms with E-state index in [0.717, 1.165) is 57.4 Å². The minimum absolute atomic E-state index is 0.194. The molecule has 1 saturated heterocycles. The van der Waals surface area contributed by atoms with Crippen LogP contribution in [0.15, 0.2) is 24.4 Å². The molecule has 6 heteroatoms. The molecule has 25 heavy (non-hydrogen) atoms. The van der Waals surface area contributed by atoms with Gasteiger partial charge in [0.2, 0.25) is 5.91 Å². The molecule has 0 aromatic carbocycles. The first-order valence-electron chi connectivity index (χ1n) is 9.35. The molecule has 1 aromatic heterocycles. The normalized spacial score (nSPS) is 24.3. The second-order valence-electron chi connectivity index (χ2n) is 7.20. The third-order valence-corrected chi connectivity index (χ3v) is 5.37. The van der Waals surface area contributed by atoms with Gasteiger partial charge in [-0.05, 0) is 51.6 Å². The van der Waals surface area contributed by atoms with Gasteiger partial charge < -0.3 is 10.6 Å². The number of hydrogen-bond donors (Lipinski definition) is 1. The average Bonchev–Trinajstić information content (AvgIpc) is 2.88. The second-order valence-corrected chi connectivity index (χ2v) is 7.20. The molecule has 2 atom stereocenters. The number of anilines is 1. The Kier molecular flexibility index (Phi) is 6.02. The zero-order chi connectivity index (χ0) is 17.6. The standard InChI is InChI=1S/C19H29N5O/c1-23(14-18-21-11-9-17(20)22-18)16-8-5-12-24(13-10-16)19(25)15-6-3-2-4-7-15/h2-3,9,11,15-16H,4-8,10,12-14H2,1H3,(H2,20,21,22)/t15-,16+/m0/s1. The van der Waals surface area contributed by atoms with Gasteiger partial charge in [0.1, 0.15) is 11.6 Å². The van der Waals surface area contributed by atoms with Gasteiger partial charge in [0, 0.05) is 31.2 Å². The predicted octanol–water partition coefficient (Wildman–Crippen LogP) is 2.23. The van der Waals surface area contributed by atoms with Gasteiger partial charge in [-0.1, -0.05) is 12.2 Å². The van der Waals surface area contributed by atoms with E-state index in [1.807, 2.05) is 0 Å². The van der Waals surface area contributed by atoms with Crippen molar-refractivity contribution in [2.45, 2.75) is 51.1 Å². The van der Waals surface area contributed by atoms with Crippen LogP contribution >= 0.6 is 0 Å². The fourth-order valence-corrected chi connectivity index (χ4v) is 3.86. The molecule has 2 N–H and O–H groups in total. The van der Waals surface area contributed by atoms with Crippen molar-refractivity contribution in [3.05, 3.63) is 30.2 Å². The van der Waals surface area contributed by atoms with Gasteiger partial charge in [-0.15, -0.1) is 0 Å². The second kappa shape index (κ2) is 8.43. The predicted molar refractivity (Wildman–Crippen MR) is 98.6 cm³/mol. The molecular formula is C19H29N5O. The zero-order valence-electron chi connectivity index (χ0n) is 15.1. The number of rotatable bonds is 4. The molecule has 0 radical (unpaired) electrons. The summed E-state index contributed by atoms with van der Waals surface area (Å²) in [5.74, 6) is 1.82. The van der Waals surface area contributed by atoms with Crippen LogP contribution in [0, 0.1) is 5.92 Å². The number of carbonyl (C=O) groups excluding carboxylic acids is 1. The van der Waals surface area contributed by atoms with Crippen molar-refractivity contribution in [2.75, 3.05) is 25.9 Å². The van der Waals surface area contributed by atoms with Crippen LogP contribution in [0.2, 0.25) is 0 Å². The van der Waals surface area contributed by atoms with E-state index in [2.05, 4.69) is 39.0 Å². The highest BCUT2D eigenvalue weighted by Crippen LogP contribution is 2.23. The summed E-state index contributed by atoms with van der Waals surface area (Å²) in [6.45, 7) is 2.43. The smallest absolute Gasteiger partial charge is 0.226 e. The number of hydrogen-bond acceptors (Lipinski definition) is 5. The van der Waals surface area contributed by atoms with E-state index in [9.17, 15) is 4.79 Å². The molecule has 136 valence electrons. The average molecular weight is 343 g/mol. The molecule has 1 fully saturated rings. The Morgan fingerprint density at radius 3 is 2.96 bits per heavy atom. The molecule has 1 aliphatic carbocycles. The van der Waals surface area contributed by atoms with Crippen molar-refractivity contribution in [1.82, 2.24) is 19.8 Å². The lowest BCUT2D eigenvalue weighted by Crippen LogP contribution is -2.38. The lowest BCUT2D eigenvalue weighted by molar-refractivity contribution is -0.135. The van der Waals surface area contributed by atoms with Gasteiger partial charge in [0.05, 0.1) is 6.54 Å². The summed E-state index contributed by atoms with van der Waals surface area (Å²) in [6, 6.07) is 2.16. The monoisotopic (exact) mass is 343 g/mol. The molecule has 0 bridgehead atoms. The summed E-state index contributed by atoms with van der Waals surface area (Å²) < 4.78 is 0. The van der Waals surface area contributed by atoms with Crippen molar-refractivity contribution in [2.24, 2.45) is 5.92 Å². The maximum absolute atomic E-state index is 12.8. The molecule has 1 amide bonds. The first-order chi connectivity index (χ1) is 12.1. The summed E-state index contributed by atoms with van der Waals surface area (Å²) in [6.07, 6.45) is 12.2. The van der Waals surface area contributed by atoms with Crippen LogP contribution in [0.4, 0.5) is 5.82 Å². The maximum atomic E-state index is 12.8. The van der Waals surface area contributed by atoms with Gasteiger partial charge in [0.15, 0.2) is 0 Å². The van der Waals surface area contributed by atoms with Crippen LogP contribution in [0.25, 0.3) is 0 Å². The quantitative estimate of drug-likeness (QED) is 0.849. The van der Waals surface area contributed by atoms with Gasteiger partial charge in [-0.25, -0.2) is 9.97 Å². The Balaban J connectivity index is 1.53. The number of nitrogen functional groups attached to an aromatic ring is 1. The Labute approximate surface area is 150 Å². The number of nitrogens with two attached hydrogens (primary N) is 1. The van der Waals surface area contributed by atoms with Crippen molar-refractivity contribution in [3.63, 3.8) is 0 Å². The van der Waals surface area contributed by atoms with E-state index in [1.165, 1.54) is 0 Å². The van der Waals surface area contributed by atoms with E-state index >= 15 is 0 Å².